The summed E-state index contributed by atoms with van der Waals surface area (Å²) in [5.74, 6) is 1.21. The summed E-state index contributed by atoms with van der Waals surface area (Å²) >= 11 is 0. The van der Waals surface area contributed by atoms with E-state index in [-0.39, 0.29) is 11.1 Å². The Kier molecular flexibility index (Phi) is 4.78. The molecule has 0 fully saturated rings. The topological polar surface area (TPSA) is 96.4 Å². The Labute approximate surface area is 182 Å². The molecule has 0 saturated carbocycles. The quantitative estimate of drug-likeness (QED) is 0.425. The van der Waals surface area contributed by atoms with Crippen LogP contribution >= 0.6 is 0 Å². The highest BCUT2D eigenvalue weighted by molar-refractivity contribution is 5.83. The number of aryl methyl sites for hydroxylation is 1. The van der Waals surface area contributed by atoms with Crippen LogP contribution in [0.25, 0.3) is 27.9 Å². The van der Waals surface area contributed by atoms with Gasteiger partial charge < -0.3 is 9.47 Å². The maximum Gasteiger partial charge on any atom is 0.283 e. The Bertz CT molecular complexity index is 1510. The van der Waals surface area contributed by atoms with Crippen LogP contribution in [0.3, 0.4) is 0 Å². The van der Waals surface area contributed by atoms with Gasteiger partial charge in [-0.3, -0.25) is 9.36 Å². The van der Waals surface area contributed by atoms with Crippen LogP contribution in [0, 0.1) is 6.92 Å². The first-order valence-electron chi connectivity index (χ1n) is 9.98. The van der Waals surface area contributed by atoms with E-state index in [2.05, 4.69) is 20.3 Å². The fourth-order valence-corrected chi connectivity index (χ4v) is 3.80. The van der Waals surface area contributed by atoms with E-state index < -0.39 is 0 Å². The number of aromatic nitrogens is 6. The fraction of sp³-hybridized carbons (Fsp3) is 0.174. The first kappa shape index (κ1) is 19.7. The molecule has 3 aromatic heterocycles. The van der Waals surface area contributed by atoms with Crippen LogP contribution in [0.1, 0.15) is 11.3 Å². The second-order valence-corrected chi connectivity index (χ2v) is 7.30. The zero-order valence-electron chi connectivity index (χ0n) is 17.8. The van der Waals surface area contributed by atoms with Gasteiger partial charge in [0.2, 0.25) is 0 Å². The molecular formula is C23H20N6O3. The summed E-state index contributed by atoms with van der Waals surface area (Å²) in [5, 5.41) is 13.1. The smallest absolute Gasteiger partial charge is 0.283 e. The Hall–Kier alpha value is -4.27. The van der Waals surface area contributed by atoms with E-state index in [1.807, 2.05) is 49.4 Å². The molecule has 9 nitrogen and oxygen atoms in total. The van der Waals surface area contributed by atoms with Crippen LogP contribution in [0.15, 0.2) is 59.7 Å². The number of ether oxygens (including phenoxy) is 2. The van der Waals surface area contributed by atoms with Crippen LogP contribution in [0.4, 0.5) is 0 Å². The van der Waals surface area contributed by atoms with Crippen molar-refractivity contribution in [1.29, 1.82) is 0 Å². The fourth-order valence-electron chi connectivity index (χ4n) is 3.80. The van der Waals surface area contributed by atoms with E-state index in [0.29, 0.717) is 29.3 Å². The monoisotopic (exact) mass is 428 g/mol. The van der Waals surface area contributed by atoms with Gasteiger partial charge in [0.25, 0.3) is 5.56 Å². The minimum Gasteiger partial charge on any atom is -0.493 e. The molecule has 2 aromatic carbocycles. The minimum atomic E-state index is -0.298. The van der Waals surface area contributed by atoms with Gasteiger partial charge in [-0.1, -0.05) is 36.4 Å². The van der Waals surface area contributed by atoms with Gasteiger partial charge in [-0.2, -0.15) is 9.61 Å². The van der Waals surface area contributed by atoms with Crippen molar-refractivity contribution in [3.8, 4) is 22.6 Å². The number of nitrogens with zero attached hydrogens (tertiary/aromatic N) is 6. The molecule has 160 valence electrons. The highest BCUT2D eigenvalue weighted by Gasteiger charge is 2.18. The van der Waals surface area contributed by atoms with Crippen LogP contribution in [0.5, 0.6) is 11.5 Å². The third-order valence-electron chi connectivity index (χ3n) is 5.34. The van der Waals surface area contributed by atoms with E-state index in [9.17, 15) is 4.79 Å². The lowest BCUT2D eigenvalue weighted by atomic mass is 10.1. The molecule has 0 radical (unpaired) electrons. The Morgan fingerprint density at radius 2 is 1.72 bits per heavy atom. The van der Waals surface area contributed by atoms with Gasteiger partial charge in [0.15, 0.2) is 28.3 Å². The Morgan fingerprint density at radius 1 is 0.938 bits per heavy atom. The average Bonchev–Trinajstić information content (AvgIpc) is 3.17. The summed E-state index contributed by atoms with van der Waals surface area (Å²) in [6, 6.07) is 15.3. The van der Waals surface area contributed by atoms with Crippen molar-refractivity contribution in [2.45, 2.75) is 13.5 Å². The second kappa shape index (κ2) is 7.77. The van der Waals surface area contributed by atoms with Crippen LogP contribution in [-0.2, 0) is 6.54 Å². The van der Waals surface area contributed by atoms with Gasteiger partial charge in [0, 0.05) is 0 Å². The Balaban J connectivity index is 1.61. The number of rotatable bonds is 5. The first-order valence-corrected chi connectivity index (χ1v) is 9.98. The van der Waals surface area contributed by atoms with Gasteiger partial charge in [-0.25, -0.2) is 4.98 Å². The molecule has 0 amide bonds. The third-order valence-corrected chi connectivity index (χ3v) is 5.34. The molecule has 32 heavy (non-hydrogen) atoms. The minimum absolute atomic E-state index is 0.155. The predicted molar refractivity (Wildman–Crippen MR) is 119 cm³/mol. The zero-order chi connectivity index (χ0) is 22.2. The zero-order valence-corrected chi connectivity index (χ0v) is 17.8. The number of hydrogen-bond acceptors (Lipinski definition) is 7. The molecule has 0 unspecified atom stereocenters. The molecule has 5 rings (SSSR count). The lowest BCUT2D eigenvalue weighted by molar-refractivity contribution is 0.354. The average molecular weight is 428 g/mol. The van der Waals surface area contributed by atoms with Gasteiger partial charge in [-0.15, -0.1) is 10.2 Å². The summed E-state index contributed by atoms with van der Waals surface area (Å²) < 4.78 is 13.7. The molecule has 9 heteroatoms. The Morgan fingerprint density at radius 3 is 2.47 bits per heavy atom. The van der Waals surface area contributed by atoms with Crippen LogP contribution < -0.4 is 15.0 Å². The van der Waals surface area contributed by atoms with Crippen molar-refractivity contribution in [1.82, 2.24) is 29.4 Å². The molecule has 3 heterocycles. The molecule has 0 aliphatic heterocycles. The van der Waals surface area contributed by atoms with Crippen LogP contribution in [-0.4, -0.2) is 43.6 Å². The van der Waals surface area contributed by atoms with E-state index in [0.717, 1.165) is 22.4 Å². The van der Waals surface area contributed by atoms with E-state index in [4.69, 9.17) is 9.47 Å². The first-order chi connectivity index (χ1) is 15.6. The standard InChI is InChI=1S/C23H20N6O3/c1-14-19(16-7-5-4-6-8-16)21-26-25-20-22(29(21)27-14)24-13-28(23(20)30)12-15-9-10-17(31-2)18(11-15)32-3/h4-11,13H,12H2,1-3H3. The largest absolute Gasteiger partial charge is 0.493 e. The highest BCUT2D eigenvalue weighted by Crippen LogP contribution is 2.28. The molecule has 0 bridgehead atoms. The summed E-state index contributed by atoms with van der Waals surface area (Å²) in [7, 11) is 3.15. The van der Waals surface area contributed by atoms with Gasteiger partial charge >= 0.3 is 0 Å². The number of benzene rings is 2. The maximum atomic E-state index is 13.1. The summed E-state index contributed by atoms with van der Waals surface area (Å²) in [5.41, 5.74) is 4.29. The van der Waals surface area contributed by atoms with Crippen molar-refractivity contribution in [2.24, 2.45) is 0 Å². The van der Waals surface area contributed by atoms with Crippen molar-refractivity contribution >= 4 is 16.8 Å². The maximum absolute atomic E-state index is 13.1. The van der Waals surface area contributed by atoms with E-state index in [1.54, 1.807) is 24.8 Å². The van der Waals surface area contributed by atoms with Crippen molar-refractivity contribution < 1.29 is 9.47 Å². The van der Waals surface area contributed by atoms with Gasteiger partial charge in [0.05, 0.1) is 32.0 Å². The van der Waals surface area contributed by atoms with E-state index in [1.165, 1.54) is 10.9 Å². The second-order valence-electron chi connectivity index (χ2n) is 7.30. The van der Waals surface area contributed by atoms with Gasteiger partial charge in [0.1, 0.15) is 6.33 Å². The lowest BCUT2D eigenvalue weighted by Crippen LogP contribution is -2.23. The SMILES string of the molecule is COc1ccc(Cn2cnc3c(nnc4c(-c5ccccc5)c(C)nn43)c2=O)cc1OC. The molecule has 0 saturated heterocycles. The van der Waals surface area contributed by atoms with Crippen LogP contribution in [0.2, 0.25) is 0 Å². The summed E-state index contributed by atoms with van der Waals surface area (Å²) in [6.07, 6.45) is 1.50. The molecule has 0 aliphatic rings. The number of fused-ring (bicyclic) bond motifs is 3. The molecule has 0 spiro atoms. The number of methoxy groups -OCH3 is 2. The summed E-state index contributed by atoms with van der Waals surface area (Å²) in [4.78, 5) is 17.6. The van der Waals surface area contributed by atoms with Crippen molar-refractivity contribution in [2.75, 3.05) is 14.2 Å². The lowest BCUT2D eigenvalue weighted by Gasteiger charge is -2.11. The van der Waals surface area contributed by atoms with Crippen molar-refractivity contribution in [3.05, 3.63) is 76.5 Å². The molecule has 0 aliphatic carbocycles. The normalized spacial score (nSPS) is 11.2. The molecule has 0 atom stereocenters. The van der Waals surface area contributed by atoms with Gasteiger partial charge in [-0.05, 0) is 30.2 Å². The predicted octanol–water partition coefficient (Wildman–Crippen LogP) is 2.88. The van der Waals surface area contributed by atoms with Crippen molar-refractivity contribution in [3.63, 3.8) is 0 Å². The molecular weight excluding hydrogens is 408 g/mol. The molecule has 0 N–H and O–H groups in total. The summed E-state index contributed by atoms with van der Waals surface area (Å²) in [6.45, 7) is 2.20. The van der Waals surface area contributed by atoms with E-state index >= 15 is 0 Å². The third kappa shape index (κ3) is 3.15. The molecule has 5 aromatic rings. The number of hydrogen-bond donors (Lipinski definition) is 0. The highest BCUT2D eigenvalue weighted by atomic mass is 16.5.